The molecule has 1 saturated heterocycles. The maximum Gasteiger partial charge on any atom is 0.316 e. The second-order valence-corrected chi connectivity index (χ2v) is 3.66. The van der Waals surface area contributed by atoms with Crippen molar-refractivity contribution >= 4 is 11.8 Å². The number of ether oxygens (including phenoxy) is 3. The molecular formula is C11H18O5. The molecule has 1 fully saturated rings. The lowest BCUT2D eigenvalue weighted by Gasteiger charge is -2.14. The van der Waals surface area contributed by atoms with Crippen LogP contribution in [0.25, 0.3) is 0 Å². The molecule has 1 aliphatic heterocycles. The van der Waals surface area contributed by atoms with Gasteiger partial charge in [0.25, 0.3) is 0 Å². The summed E-state index contributed by atoms with van der Waals surface area (Å²) in [5.41, 5.74) is 0. The molecule has 5 nitrogen and oxygen atoms in total. The molecule has 0 amide bonds. The highest BCUT2D eigenvalue weighted by Gasteiger charge is 2.27. The van der Waals surface area contributed by atoms with Gasteiger partial charge in [-0.15, -0.1) is 0 Å². The molecule has 5 heteroatoms. The maximum atomic E-state index is 11.5. The predicted octanol–water partition coefficient (Wildman–Crippen LogP) is 0.908. The van der Waals surface area contributed by atoms with Gasteiger partial charge in [0.05, 0.1) is 19.8 Å². The van der Waals surface area contributed by atoms with Crippen molar-refractivity contribution in [3.05, 3.63) is 0 Å². The van der Waals surface area contributed by atoms with E-state index in [0.29, 0.717) is 32.7 Å². The van der Waals surface area contributed by atoms with Gasteiger partial charge in [-0.05, 0) is 26.7 Å². The van der Waals surface area contributed by atoms with Crippen molar-refractivity contribution in [1.82, 2.24) is 0 Å². The standard InChI is InChI=1S/C11H18O5/c1-3-14-11(13)9(8(2)12)4-5-10-15-6-7-16-10/h9-10H,3-7H2,1-2H3. The normalized spacial score (nSPS) is 18.4. The quantitative estimate of drug-likeness (QED) is 0.501. The third-order valence-corrected chi connectivity index (χ3v) is 2.44. The van der Waals surface area contributed by atoms with Crippen LogP contribution in [0.1, 0.15) is 26.7 Å². The van der Waals surface area contributed by atoms with Gasteiger partial charge in [0, 0.05) is 0 Å². The Morgan fingerprint density at radius 3 is 2.50 bits per heavy atom. The average Bonchev–Trinajstić information content (AvgIpc) is 2.70. The number of carbonyl (C=O) groups is 2. The van der Waals surface area contributed by atoms with Crippen LogP contribution in [0.2, 0.25) is 0 Å². The summed E-state index contributed by atoms with van der Waals surface area (Å²) < 4.78 is 15.3. The van der Waals surface area contributed by atoms with E-state index in [2.05, 4.69) is 0 Å². The monoisotopic (exact) mass is 230 g/mol. The van der Waals surface area contributed by atoms with Gasteiger partial charge >= 0.3 is 5.97 Å². The SMILES string of the molecule is CCOC(=O)C(CCC1OCCO1)C(C)=O. The first-order valence-electron chi connectivity index (χ1n) is 5.55. The van der Waals surface area contributed by atoms with E-state index in [4.69, 9.17) is 14.2 Å². The van der Waals surface area contributed by atoms with Crippen LogP contribution in [0.5, 0.6) is 0 Å². The molecule has 0 aromatic rings. The number of esters is 1. The molecule has 0 bridgehead atoms. The lowest BCUT2D eigenvalue weighted by molar-refractivity contribution is -0.152. The number of Topliss-reactive ketones (excluding diaryl/α,β-unsaturated/α-hetero) is 1. The van der Waals surface area contributed by atoms with Crippen molar-refractivity contribution in [2.24, 2.45) is 5.92 Å². The second-order valence-electron chi connectivity index (χ2n) is 3.66. The van der Waals surface area contributed by atoms with Crippen LogP contribution in [-0.2, 0) is 23.8 Å². The minimum absolute atomic E-state index is 0.170. The van der Waals surface area contributed by atoms with Gasteiger partial charge in [-0.1, -0.05) is 0 Å². The van der Waals surface area contributed by atoms with Crippen LogP contribution >= 0.6 is 0 Å². The summed E-state index contributed by atoms with van der Waals surface area (Å²) in [5, 5.41) is 0. The van der Waals surface area contributed by atoms with Gasteiger partial charge in [-0.3, -0.25) is 9.59 Å². The Bertz CT molecular complexity index is 245. The van der Waals surface area contributed by atoms with Crippen molar-refractivity contribution in [3.8, 4) is 0 Å². The van der Waals surface area contributed by atoms with E-state index in [1.54, 1.807) is 6.92 Å². The topological polar surface area (TPSA) is 61.8 Å². The summed E-state index contributed by atoms with van der Waals surface area (Å²) >= 11 is 0. The van der Waals surface area contributed by atoms with Gasteiger partial charge in [-0.2, -0.15) is 0 Å². The van der Waals surface area contributed by atoms with Crippen molar-refractivity contribution in [3.63, 3.8) is 0 Å². The van der Waals surface area contributed by atoms with Crippen LogP contribution in [0.15, 0.2) is 0 Å². The molecule has 0 aromatic heterocycles. The third-order valence-electron chi connectivity index (χ3n) is 2.44. The zero-order valence-electron chi connectivity index (χ0n) is 9.73. The van der Waals surface area contributed by atoms with Crippen LogP contribution in [-0.4, -0.2) is 37.9 Å². The highest BCUT2D eigenvalue weighted by atomic mass is 16.7. The molecule has 1 atom stereocenters. The largest absolute Gasteiger partial charge is 0.465 e. The van der Waals surface area contributed by atoms with Gasteiger partial charge < -0.3 is 14.2 Å². The van der Waals surface area contributed by atoms with E-state index < -0.39 is 11.9 Å². The molecule has 1 heterocycles. The second kappa shape index (κ2) is 6.60. The zero-order chi connectivity index (χ0) is 12.0. The highest BCUT2D eigenvalue weighted by Crippen LogP contribution is 2.17. The molecule has 1 unspecified atom stereocenters. The molecule has 1 rings (SSSR count). The third kappa shape index (κ3) is 3.90. The fourth-order valence-electron chi connectivity index (χ4n) is 1.61. The average molecular weight is 230 g/mol. The van der Waals surface area contributed by atoms with Crippen molar-refractivity contribution in [2.45, 2.75) is 33.0 Å². The molecule has 92 valence electrons. The smallest absolute Gasteiger partial charge is 0.316 e. The first-order valence-corrected chi connectivity index (χ1v) is 5.55. The lowest BCUT2D eigenvalue weighted by Crippen LogP contribution is -2.26. The Balaban J connectivity index is 2.38. The van der Waals surface area contributed by atoms with Gasteiger partial charge in [0.2, 0.25) is 0 Å². The Morgan fingerprint density at radius 2 is 2.00 bits per heavy atom. The molecule has 0 spiro atoms. The molecule has 1 aliphatic rings. The van der Waals surface area contributed by atoms with Crippen LogP contribution in [0.4, 0.5) is 0 Å². The van der Waals surface area contributed by atoms with Gasteiger partial charge in [-0.25, -0.2) is 0 Å². The minimum Gasteiger partial charge on any atom is -0.465 e. The summed E-state index contributed by atoms with van der Waals surface area (Å²) in [7, 11) is 0. The zero-order valence-corrected chi connectivity index (χ0v) is 9.73. The summed E-state index contributed by atoms with van der Waals surface area (Å²) in [6.45, 7) is 4.57. The van der Waals surface area contributed by atoms with Crippen molar-refractivity contribution in [2.75, 3.05) is 19.8 Å². The fourth-order valence-corrected chi connectivity index (χ4v) is 1.61. The van der Waals surface area contributed by atoms with E-state index >= 15 is 0 Å². The van der Waals surface area contributed by atoms with Crippen LogP contribution < -0.4 is 0 Å². The van der Waals surface area contributed by atoms with E-state index in [1.165, 1.54) is 6.92 Å². The van der Waals surface area contributed by atoms with Crippen molar-refractivity contribution < 1.29 is 23.8 Å². The molecule has 0 aromatic carbocycles. The molecule has 0 N–H and O–H groups in total. The molecule has 0 radical (unpaired) electrons. The Hall–Kier alpha value is -0.940. The lowest BCUT2D eigenvalue weighted by atomic mass is 9.99. The highest BCUT2D eigenvalue weighted by molar-refractivity contribution is 5.97. The van der Waals surface area contributed by atoms with Crippen LogP contribution in [0.3, 0.4) is 0 Å². The Kier molecular flexibility index (Phi) is 5.42. The van der Waals surface area contributed by atoms with E-state index in [0.717, 1.165) is 0 Å². The molecule has 0 saturated carbocycles. The molecule has 16 heavy (non-hydrogen) atoms. The minimum atomic E-state index is -0.687. The Labute approximate surface area is 95.0 Å². The van der Waals surface area contributed by atoms with Gasteiger partial charge in [0.1, 0.15) is 11.7 Å². The van der Waals surface area contributed by atoms with E-state index in [9.17, 15) is 9.59 Å². The van der Waals surface area contributed by atoms with Crippen LogP contribution in [0, 0.1) is 5.92 Å². The van der Waals surface area contributed by atoms with Crippen molar-refractivity contribution in [1.29, 1.82) is 0 Å². The summed E-state index contributed by atoms with van der Waals surface area (Å²) in [5.74, 6) is -1.31. The summed E-state index contributed by atoms with van der Waals surface area (Å²) in [4.78, 5) is 22.7. The number of hydrogen-bond donors (Lipinski definition) is 0. The number of hydrogen-bond acceptors (Lipinski definition) is 5. The summed E-state index contributed by atoms with van der Waals surface area (Å²) in [6, 6.07) is 0. The van der Waals surface area contributed by atoms with E-state index in [-0.39, 0.29) is 12.1 Å². The van der Waals surface area contributed by atoms with E-state index in [1.807, 2.05) is 0 Å². The Morgan fingerprint density at radius 1 is 1.38 bits per heavy atom. The maximum absolute atomic E-state index is 11.5. The first-order chi connectivity index (χ1) is 7.65. The molecular weight excluding hydrogens is 212 g/mol. The summed E-state index contributed by atoms with van der Waals surface area (Å²) in [6.07, 6.45) is 0.679. The van der Waals surface area contributed by atoms with Gasteiger partial charge in [0.15, 0.2) is 6.29 Å². The number of ketones is 1. The molecule has 0 aliphatic carbocycles. The first kappa shape index (κ1) is 13.1. The number of carbonyl (C=O) groups excluding carboxylic acids is 2. The predicted molar refractivity (Wildman–Crippen MR) is 55.7 cm³/mol. The fraction of sp³-hybridized carbons (Fsp3) is 0.818. The number of rotatable bonds is 6.